The maximum absolute atomic E-state index is 14.5. The highest BCUT2D eigenvalue weighted by Crippen LogP contribution is 2.45. The maximum atomic E-state index is 14.5. The van der Waals surface area contributed by atoms with Crippen LogP contribution in [0.15, 0.2) is 52.9 Å². The summed E-state index contributed by atoms with van der Waals surface area (Å²) in [6.07, 6.45) is 9.44. The van der Waals surface area contributed by atoms with Gasteiger partial charge in [0.1, 0.15) is 21.3 Å². The van der Waals surface area contributed by atoms with E-state index in [2.05, 4.69) is 52.1 Å². The number of aryl methyl sites for hydroxylation is 1. The molecule has 1 aliphatic carbocycles. The van der Waals surface area contributed by atoms with E-state index in [1.165, 1.54) is 11.1 Å². The lowest BCUT2D eigenvalue weighted by atomic mass is 9.70. The highest BCUT2D eigenvalue weighted by atomic mass is 35.5. The Balaban J connectivity index is 0.00000236. The zero-order valence-corrected chi connectivity index (χ0v) is 33.8. The molecule has 7 rings (SSSR count). The first-order chi connectivity index (χ1) is 25.4. The van der Waals surface area contributed by atoms with Crippen LogP contribution in [0.4, 0.5) is 10.5 Å². The summed E-state index contributed by atoms with van der Waals surface area (Å²) in [4.78, 5) is 31.4. The number of amides is 3. The minimum atomic E-state index is -3.49. The monoisotopic (exact) mass is 768 g/mol. The molecule has 6 atom stereocenters. The SMILES string of the molecule is CC.CO[C@H]1/C=C/C[C@H](C)CS(=O)(NC(=O)N2CC3(CCCO3)C2)=NC(=O)c2ccc3c(c2)N(C[C@H](C)[C@H]1C)C[C@@]1(CCCc2cc(Cl)ccc21)CO3. The summed E-state index contributed by atoms with van der Waals surface area (Å²) in [5.74, 6) is 0.341. The smallest absolute Gasteiger partial charge is 0.330 e. The first-order valence-electron chi connectivity index (χ1n) is 19.4. The van der Waals surface area contributed by atoms with E-state index in [1.807, 2.05) is 39.0 Å². The van der Waals surface area contributed by atoms with Gasteiger partial charge in [-0.2, -0.15) is 0 Å². The van der Waals surface area contributed by atoms with Crippen molar-refractivity contribution in [1.82, 2.24) is 9.62 Å². The maximum Gasteiger partial charge on any atom is 0.330 e. The predicted molar refractivity (Wildman–Crippen MR) is 211 cm³/mol. The normalized spacial score (nSPS) is 31.6. The van der Waals surface area contributed by atoms with Crippen LogP contribution in [0.1, 0.15) is 88.2 Å². The van der Waals surface area contributed by atoms with Gasteiger partial charge in [0.15, 0.2) is 0 Å². The van der Waals surface area contributed by atoms with Crippen LogP contribution >= 0.6 is 11.6 Å². The number of nitrogens with one attached hydrogen (secondary N) is 1. The number of benzene rings is 2. The van der Waals surface area contributed by atoms with Gasteiger partial charge in [-0.25, -0.2) is 9.00 Å². The van der Waals surface area contributed by atoms with E-state index in [-0.39, 0.29) is 40.6 Å². The van der Waals surface area contributed by atoms with Crippen molar-refractivity contribution < 1.29 is 28.0 Å². The number of anilines is 1. The molecular formula is C41H57ClN4O6S. The summed E-state index contributed by atoms with van der Waals surface area (Å²) in [6, 6.07) is 11.1. The number of urea groups is 1. The second kappa shape index (κ2) is 16.3. The third kappa shape index (κ3) is 8.43. The average Bonchev–Trinajstić information content (AvgIpc) is 3.57. The molecule has 2 saturated heterocycles. The number of likely N-dealkylation sites (tertiary alicyclic amines) is 1. The number of carbonyl (C=O) groups excluding carboxylic acids is 2. The summed E-state index contributed by atoms with van der Waals surface area (Å²) in [5, 5.41) is 0.737. The first kappa shape index (κ1) is 39.6. The number of fused-ring (bicyclic) bond motifs is 3. The molecule has 0 radical (unpaired) electrons. The molecule has 2 fully saturated rings. The molecular weight excluding hydrogens is 712 g/mol. The average molecular weight is 769 g/mol. The Morgan fingerprint density at radius 1 is 1.08 bits per heavy atom. The molecule has 12 heteroatoms. The largest absolute Gasteiger partial charge is 0.490 e. The molecule has 5 aliphatic rings. The van der Waals surface area contributed by atoms with Crippen LogP contribution in [-0.4, -0.2) is 85.0 Å². The Morgan fingerprint density at radius 3 is 2.60 bits per heavy atom. The minimum Gasteiger partial charge on any atom is -0.490 e. The van der Waals surface area contributed by atoms with Gasteiger partial charge < -0.3 is 24.0 Å². The molecule has 10 nitrogen and oxygen atoms in total. The van der Waals surface area contributed by atoms with Gasteiger partial charge >= 0.3 is 6.03 Å². The molecule has 4 aliphatic heterocycles. The predicted octanol–water partition coefficient (Wildman–Crippen LogP) is 7.82. The van der Waals surface area contributed by atoms with Crippen LogP contribution in [0, 0.1) is 17.8 Å². The van der Waals surface area contributed by atoms with E-state index in [1.54, 1.807) is 18.1 Å². The number of allylic oxidation sites excluding steroid dienone is 1. The Bertz CT molecular complexity index is 1810. The number of ether oxygens (including phenoxy) is 3. The zero-order valence-electron chi connectivity index (χ0n) is 32.2. The van der Waals surface area contributed by atoms with Crippen LogP contribution in [-0.2, 0) is 31.2 Å². The number of carbonyl (C=O) groups is 2. The summed E-state index contributed by atoms with van der Waals surface area (Å²) >= 11 is 6.45. The van der Waals surface area contributed by atoms with Gasteiger partial charge in [0.05, 0.1) is 37.2 Å². The van der Waals surface area contributed by atoms with Crippen molar-refractivity contribution in [2.24, 2.45) is 22.1 Å². The van der Waals surface area contributed by atoms with E-state index in [4.69, 9.17) is 25.8 Å². The molecule has 1 N–H and O–H groups in total. The molecule has 0 saturated carbocycles. The van der Waals surface area contributed by atoms with Crippen molar-refractivity contribution in [2.45, 2.75) is 90.3 Å². The standard InChI is InChI=1S/C39H51ClN4O6S.C2H6/c1-26-8-5-10-34(48-4)28(3)27(2)20-43-22-38(15-6-9-29-18-31(40)12-13-32(29)38)25-49-35-14-11-30(19-33(35)43)36(45)41-51(47,21-26)42-37(46)44-23-39(24-44)16-7-17-50-39;1-2/h5,10-14,18-19,26-28,34H,6-9,15-17,20-25H2,1-4H3,(H,41,42,45,46,47);1-2H3/b10-5+;/t26-,27-,28+,34-,38-,51?;/m0./s1. The van der Waals surface area contributed by atoms with Crippen molar-refractivity contribution in [1.29, 1.82) is 0 Å². The Morgan fingerprint density at radius 2 is 1.87 bits per heavy atom. The summed E-state index contributed by atoms with van der Waals surface area (Å²) in [5.41, 5.74) is 3.05. The zero-order chi connectivity index (χ0) is 38.0. The number of hydrogen-bond donors (Lipinski definition) is 1. The van der Waals surface area contributed by atoms with E-state index in [0.29, 0.717) is 57.1 Å². The van der Waals surface area contributed by atoms with Gasteiger partial charge in [-0.3, -0.25) is 9.52 Å². The summed E-state index contributed by atoms with van der Waals surface area (Å²) < 4.78 is 40.1. The Labute approximate surface area is 321 Å². The van der Waals surface area contributed by atoms with Crippen molar-refractivity contribution >= 4 is 39.1 Å². The van der Waals surface area contributed by atoms with Gasteiger partial charge in [-0.1, -0.05) is 64.4 Å². The molecule has 4 heterocycles. The van der Waals surface area contributed by atoms with Gasteiger partial charge in [0.2, 0.25) is 0 Å². The van der Waals surface area contributed by atoms with E-state index >= 15 is 0 Å². The lowest BCUT2D eigenvalue weighted by molar-refractivity contribution is -0.0905. The third-order valence-corrected chi connectivity index (χ3v) is 14.0. The second-order valence-electron chi connectivity index (χ2n) is 15.7. The van der Waals surface area contributed by atoms with Crippen LogP contribution in [0.3, 0.4) is 0 Å². The van der Waals surface area contributed by atoms with Gasteiger partial charge in [-0.05, 0) is 97.7 Å². The molecule has 0 aromatic heterocycles. The van der Waals surface area contributed by atoms with Crippen LogP contribution in [0.25, 0.3) is 0 Å². The van der Waals surface area contributed by atoms with E-state index < -0.39 is 21.9 Å². The van der Waals surface area contributed by atoms with Gasteiger partial charge in [-0.15, -0.1) is 4.36 Å². The molecule has 2 aromatic carbocycles. The molecule has 290 valence electrons. The van der Waals surface area contributed by atoms with Crippen molar-refractivity contribution in [2.75, 3.05) is 57.2 Å². The van der Waals surface area contributed by atoms with Crippen molar-refractivity contribution in [3.8, 4) is 5.75 Å². The van der Waals surface area contributed by atoms with Crippen LogP contribution in [0.2, 0.25) is 5.02 Å². The number of methoxy groups -OCH3 is 1. The lowest BCUT2D eigenvalue weighted by Crippen LogP contribution is -2.65. The molecule has 2 spiro atoms. The third-order valence-electron chi connectivity index (χ3n) is 11.8. The molecule has 2 bridgehead atoms. The second-order valence-corrected chi connectivity index (χ2v) is 18.1. The number of halogens is 1. The lowest BCUT2D eigenvalue weighted by Gasteiger charge is -2.46. The number of hydrogen-bond acceptors (Lipinski definition) is 7. The number of rotatable bonds is 2. The van der Waals surface area contributed by atoms with Gasteiger partial charge in [0.25, 0.3) is 5.91 Å². The Kier molecular flexibility index (Phi) is 12.2. The molecule has 3 amide bonds. The molecule has 53 heavy (non-hydrogen) atoms. The van der Waals surface area contributed by atoms with E-state index in [9.17, 15) is 13.8 Å². The van der Waals surface area contributed by atoms with Crippen LogP contribution in [0.5, 0.6) is 5.75 Å². The first-order valence-corrected chi connectivity index (χ1v) is 21.5. The highest BCUT2D eigenvalue weighted by Gasteiger charge is 2.49. The summed E-state index contributed by atoms with van der Waals surface area (Å²) in [6.45, 7) is 13.9. The topological polar surface area (TPSA) is 110 Å². The fourth-order valence-corrected chi connectivity index (χ4v) is 10.8. The number of nitrogens with zero attached hydrogens (tertiary/aromatic N) is 3. The minimum absolute atomic E-state index is 0.0278. The molecule has 2 aromatic rings. The van der Waals surface area contributed by atoms with Crippen molar-refractivity contribution in [3.63, 3.8) is 0 Å². The fourth-order valence-electron chi connectivity index (χ4n) is 8.74. The fraction of sp³-hybridized carbons (Fsp3) is 0.610. The summed E-state index contributed by atoms with van der Waals surface area (Å²) in [7, 11) is -1.75. The van der Waals surface area contributed by atoms with Crippen LogP contribution < -0.4 is 14.4 Å². The van der Waals surface area contributed by atoms with Crippen molar-refractivity contribution in [3.05, 3.63) is 70.3 Å². The molecule has 1 unspecified atom stereocenters. The Hall–Kier alpha value is -3.12. The van der Waals surface area contributed by atoms with Gasteiger partial charge in [0, 0.05) is 42.8 Å². The van der Waals surface area contributed by atoms with E-state index in [0.717, 1.165) is 42.8 Å². The quantitative estimate of drug-likeness (QED) is 0.311. The highest BCUT2D eigenvalue weighted by molar-refractivity contribution is 7.92.